The summed E-state index contributed by atoms with van der Waals surface area (Å²) < 4.78 is 5.30. The van der Waals surface area contributed by atoms with E-state index in [2.05, 4.69) is 35.6 Å². The fourth-order valence-corrected chi connectivity index (χ4v) is 1.74. The van der Waals surface area contributed by atoms with E-state index in [4.69, 9.17) is 4.74 Å². The van der Waals surface area contributed by atoms with E-state index in [1.54, 1.807) is 0 Å². The highest BCUT2D eigenvalue weighted by Gasteiger charge is 2.08. The normalized spacial score (nSPS) is 10.8. The maximum Gasteiger partial charge on any atom is 0.351 e. The zero-order chi connectivity index (χ0) is 13.0. The Balaban J connectivity index is 2.08. The van der Waals surface area contributed by atoms with Crippen molar-refractivity contribution in [1.82, 2.24) is 35.6 Å². The van der Waals surface area contributed by atoms with Crippen molar-refractivity contribution in [2.24, 2.45) is 0 Å². The fourth-order valence-electron chi connectivity index (χ4n) is 1.06. The zero-order valence-corrected chi connectivity index (χ0v) is 10.6. The smallest absolute Gasteiger partial charge is 0.351 e. The van der Waals surface area contributed by atoms with Crippen LogP contribution in [0.4, 0.5) is 0 Å². The van der Waals surface area contributed by atoms with Gasteiger partial charge in [-0.2, -0.15) is 15.2 Å². The van der Waals surface area contributed by atoms with Crippen LogP contribution < -0.4 is 10.4 Å². The summed E-state index contributed by atoms with van der Waals surface area (Å²) in [6, 6.07) is 0.153. The molecule has 0 atom stereocenters. The molecule has 2 aromatic rings. The monoisotopic (exact) mass is 269 g/mol. The number of aromatic amines is 2. The molecule has 0 aliphatic heterocycles. The van der Waals surface area contributed by atoms with Gasteiger partial charge in [0.1, 0.15) is 0 Å². The summed E-state index contributed by atoms with van der Waals surface area (Å²) in [6.45, 7) is 3.68. The van der Waals surface area contributed by atoms with Crippen LogP contribution >= 0.6 is 11.8 Å². The Kier molecular flexibility index (Phi) is 3.87. The number of hydrogen-bond donors (Lipinski definition) is 2. The van der Waals surface area contributed by atoms with E-state index in [0.29, 0.717) is 16.7 Å². The molecule has 2 N–H and O–H groups in total. The van der Waals surface area contributed by atoms with Crippen molar-refractivity contribution in [3.63, 3.8) is 0 Å². The maximum absolute atomic E-state index is 11.3. The summed E-state index contributed by atoms with van der Waals surface area (Å²) in [5.74, 6) is 0.927. The van der Waals surface area contributed by atoms with Crippen LogP contribution in [0.1, 0.15) is 19.7 Å². The second kappa shape index (κ2) is 5.58. The van der Waals surface area contributed by atoms with E-state index in [1.165, 1.54) is 11.8 Å². The van der Waals surface area contributed by atoms with E-state index < -0.39 is 5.69 Å². The molecule has 0 aliphatic rings. The number of ether oxygens (including phenoxy) is 1. The molecule has 0 amide bonds. The number of hydrogen-bond acceptors (Lipinski definition) is 8. The molecule has 0 unspecified atom stereocenters. The van der Waals surface area contributed by atoms with Gasteiger partial charge in [0.15, 0.2) is 11.0 Å². The van der Waals surface area contributed by atoms with Gasteiger partial charge in [0.2, 0.25) is 0 Å². The molecule has 9 nitrogen and oxygen atoms in total. The Morgan fingerprint density at radius 2 is 2.22 bits per heavy atom. The first-order chi connectivity index (χ1) is 8.63. The number of aromatic nitrogens is 7. The summed E-state index contributed by atoms with van der Waals surface area (Å²) in [7, 11) is 0. The van der Waals surface area contributed by atoms with Gasteiger partial charge in [0.25, 0.3) is 6.01 Å². The van der Waals surface area contributed by atoms with Crippen LogP contribution in [0.2, 0.25) is 0 Å². The van der Waals surface area contributed by atoms with Crippen molar-refractivity contribution < 1.29 is 4.74 Å². The number of rotatable bonds is 5. The summed E-state index contributed by atoms with van der Waals surface area (Å²) in [4.78, 5) is 21.5. The Bertz CT molecular complexity index is 553. The molecule has 0 bridgehead atoms. The lowest BCUT2D eigenvalue weighted by molar-refractivity contribution is 0.218. The van der Waals surface area contributed by atoms with E-state index in [0.717, 1.165) is 0 Å². The zero-order valence-electron chi connectivity index (χ0n) is 9.75. The highest BCUT2D eigenvalue weighted by atomic mass is 32.2. The predicted molar refractivity (Wildman–Crippen MR) is 62.2 cm³/mol. The van der Waals surface area contributed by atoms with Gasteiger partial charge in [0, 0.05) is 0 Å². The van der Waals surface area contributed by atoms with Crippen molar-refractivity contribution in [2.45, 2.75) is 30.9 Å². The topological polar surface area (TPSA) is 122 Å². The van der Waals surface area contributed by atoms with Crippen LogP contribution in [0.3, 0.4) is 0 Å². The van der Waals surface area contributed by atoms with Crippen molar-refractivity contribution in [1.29, 1.82) is 0 Å². The second-order valence-electron chi connectivity index (χ2n) is 3.52. The van der Waals surface area contributed by atoms with Gasteiger partial charge in [-0.1, -0.05) is 17.0 Å². The summed E-state index contributed by atoms with van der Waals surface area (Å²) in [6.07, 6.45) is -0.0781. The molecule has 0 radical (unpaired) electrons. The van der Waals surface area contributed by atoms with Gasteiger partial charge < -0.3 is 4.74 Å². The highest BCUT2D eigenvalue weighted by molar-refractivity contribution is 7.98. The molecule has 96 valence electrons. The van der Waals surface area contributed by atoms with Crippen LogP contribution in [-0.2, 0) is 5.75 Å². The Morgan fingerprint density at radius 1 is 1.39 bits per heavy atom. The SMILES string of the molecule is CC(C)Oc1nc(SCc2nn[nH]n2)nc(=O)[nH]1. The quantitative estimate of drug-likeness (QED) is 0.713. The first-order valence-corrected chi connectivity index (χ1v) is 6.12. The molecule has 10 heteroatoms. The number of tetrazole rings is 1. The third-order valence-corrected chi connectivity index (χ3v) is 2.52. The number of thioether (sulfide) groups is 1. The molecule has 18 heavy (non-hydrogen) atoms. The van der Waals surface area contributed by atoms with Gasteiger partial charge in [-0.25, -0.2) is 4.79 Å². The first kappa shape index (κ1) is 12.5. The number of H-pyrrole nitrogens is 2. The molecular formula is C8H11N7O2S. The number of nitrogens with one attached hydrogen (secondary N) is 2. The maximum atomic E-state index is 11.3. The third kappa shape index (κ3) is 3.52. The Hall–Kier alpha value is -1.97. The van der Waals surface area contributed by atoms with E-state index in [-0.39, 0.29) is 12.1 Å². The molecule has 0 saturated carbocycles. The summed E-state index contributed by atoms with van der Waals surface area (Å²) >= 11 is 1.23. The second-order valence-corrected chi connectivity index (χ2v) is 4.47. The van der Waals surface area contributed by atoms with Crippen LogP contribution in [0.5, 0.6) is 6.01 Å². The van der Waals surface area contributed by atoms with Gasteiger partial charge >= 0.3 is 5.69 Å². The highest BCUT2D eigenvalue weighted by Crippen LogP contribution is 2.16. The lowest BCUT2D eigenvalue weighted by Crippen LogP contribution is -2.17. The van der Waals surface area contributed by atoms with Crippen molar-refractivity contribution >= 4 is 11.8 Å². The molecule has 0 fully saturated rings. The van der Waals surface area contributed by atoms with Crippen LogP contribution in [0.25, 0.3) is 0 Å². The first-order valence-electron chi connectivity index (χ1n) is 5.13. The minimum Gasteiger partial charge on any atom is -0.462 e. The van der Waals surface area contributed by atoms with E-state index in [9.17, 15) is 4.79 Å². The van der Waals surface area contributed by atoms with Gasteiger partial charge in [-0.05, 0) is 13.8 Å². The average Bonchev–Trinajstić information content (AvgIpc) is 2.77. The third-order valence-electron chi connectivity index (χ3n) is 1.68. The number of nitrogens with zero attached hydrogens (tertiary/aromatic N) is 5. The fraction of sp³-hybridized carbons (Fsp3) is 0.500. The largest absolute Gasteiger partial charge is 0.462 e. The van der Waals surface area contributed by atoms with Crippen LogP contribution in [0.15, 0.2) is 9.95 Å². The lowest BCUT2D eigenvalue weighted by atomic mass is 10.5. The predicted octanol–water partition coefficient (Wildman–Crippen LogP) is -0.243. The van der Waals surface area contributed by atoms with E-state index in [1.807, 2.05) is 13.8 Å². The van der Waals surface area contributed by atoms with Gasteiger partial charge in [-0.15, -0.1) is 10.2 Å². The van der Waals surface area contributed by atoms with Crippen molar-refractivity contribution in [3.8, 4) is 6.01 Å². The van der Waals surface area contributed by atoms with Crippen LogP contribution in [0, 0.1) is 0 Å². The standard InChI is InChI=1S/C8H11N7O2S/c1-4(2)17-7-9-6(16)10-8(11-7)18-3-5-12-14-15-13-5/h4H,3H2,1-2H3,(H,9,10,11,16)(H,12,13,14,15). The molecule has 2 rings (SSSR count). The molecule has 2 heterocycles. The molecular weight excluding hydrogens is 258 g/mol. The Labute approximate surface area is 106 Å². The molecule has 0 spiro atoms. The van der Waals surface area contributed by atoms with Crippen molar-refractivity contribution in [3.05, 3.63) is 16.3 Å². The van der Waals surface area contributed by atoms with E-state index >= 15 is 0 Å². The minimum absolute atomic E-state index is 0.0781. The average molecular weight is 269 g/mol. The molecule has 0 aliphatic carbocycles. The summed E-state index contributed by atoms with van der Waals surface area (Å²) in [5, 5.41) is 13.6. The Morgan fingerprint density at radius 3 is 2.89 bits per heavy atom. The molecule has 0 saturated heterocycles. The van der Waals surface area contributed by atoms with Crippen molar-refractivity contribution in [2.75, 3.05) is 0 Å². The summed E-state index contributed by atoms with van der Waals surface area (Å²) in [5.41, 5.74) is -0.503. The molecule has 2 aromatic heterocycles. The lowest BCUT2D eigenvalue weighted by Gasteiger charge is -2.07. The minimum atomic E-state index is -0.503. The van der Waals surface area contributed by atoms with Crippen LogP contribution in [-0.4, -0.2) is 41.7 Å². The molecule has 0 aromatic carbocycles. The van der Waals surface area contributed by atoms with Gasteiger partial charge in [-0.3, -0.25) is 4.98 Å². The van der Waals surface area contributed by atoms with Gasteiger partial charge in [0.05, 0.1) is 11.9 Å².